The quantitative estimate of drug-likeness (QED) is 0.448. The number of ketones is 2. The molecule has 6 nitrogen and oxygen atoms in total. The first-order chi connectivity index (χ1) is 10.9. The third-order valence-electron chi connectivity index (χ3n) is 4.45. The molecule has 2 fully saturated rings. The summed E-state index contributed by atoms with van der Waals surface area (Å²) in [5.74, 6) is -0.345. The number of carbonyl (C=O) groups is 2. The van der Waals surface area contributed by atoms with Crippen LogP contribution >= 0.6 is 0 Å². The highest BCUT2D eigenvalue weighted by atomic mass is 16.6. The van der Waals surface area contributed by atoms with E-state index in [2.05, 4.69) is 0 Å². The molecule has 4 N–H and O–H groups in total. The predicted octanol–water partition coefficient (Wildman–Crippen LogP) is 1.53. The number of hydrogen-bond acceptors (Lipinski definition) is 6. The standard InChI is InChI=1S/C17H22N2O4/c1-8(20)14-12(4-3-10-6-22-10)16(18)13(5-11-7-23-11)15(9(2)21)17(14)19/h10-11H,3-7,18-19H2,1-2H3. The topological polar surface area (TPSA) is 111 Å². The van der Waals surface area contributed by atoms with Crippen LogP contribution in [0.5, 0.6) is 0 Å². The minimum atomic E-state index is -0.176. The third-order valence-corrected chi connectivity index (χ3v) is 4.45. The summed E-state index contributed by atoms with van der Waals surface area (Å²) in [4.78, 5) is 24.2. The number of nitrogen functional groups attached to an aromatic ring is 2. The van der Waals surface area contributed by atoms with Crippen molar-refractivity contribution < 1.29 is 19.1 Å². The minimum absolute atomic E-state index is 0.0811. The first-order valence-corrected chi connectivity index (χ1v) is 7.87. The summed E-state index contributed by atoms with van der Waals surface area (Å²) in [7, 11) is 0. The Balaban J connectivity index is 2.12. The Bertz CT molecular complexity index is 676. The van der Waals surface area contributed by atoms with Crippen molar-refractivity contribution in [3.05, 3.63) is 22.3 Å². The molecule has 2 aliphatic heterocycles. The Morgan fingerprint density at radius 1 is 0.957 bits per heavy atom. The van der Waals surface area contributed by atoms with Gasteiger partial charge in [0, 0.05) is 23.2 Å². The molecule has 2 atom stereocenters. The number of nitrogens with two attached hydrogens (primary N) is 2. The lowest BCUT2D eigenvalue weighted by Gasteiger charge is -2.20. The van der Waals surface area contributed by atoms with Crippen molar-refractivity contribution >= 4 is 22.9 Å². The van der Waals surface area contributed by atoms with Crippen LogP contribution in [0.4, 0.5) is 11.4 Å². The second kappa shape index (κ2) is 5.94. The van der Waals surface area contributed by atoms with E-state index in [0.717, 1.165) is 18.6 Å². The lowest BCUT2D eigenvalue weighted by Crippen LogP contribution is -2.18. The zero-order valence-electron chi connectivity index (χ0n) is 13.5. The van der Waals surface area contributed by atoms with Gasteiger partial charge in [-0.1, -0.05) is 0 Å². The van der Waals surface area contributed by atoms with Gasteiger partial charge in [0.1, 0.15) is 0 Å². The molecule has 2 saturated heterocycles. The molecule has 6 heteroatoms. The number of carbonyl (C=O) groups excluding carboxylic acids is 2. The van der Waals surface area contributed by atoms with E-state index in [0.29, 0.717) is 41.8 Å². The van der Waals surface area contributed by atoms with E-state index >= 15 is 0 Å². The van der Waals surface area contributed by atoms with E-state index in [-0.39, 0.29) is 29.5 Å². The van der Waals surface area contributed by atoms with Crippen LogP contribution < -0.4 is 11.5 Å². The lowest BCUT2D eigenvalue weighted by atomic mass is 9.86. The van der Waals surface area contributed by atoms with E-state index in [1.807, 2.05) is 0 Å². The van der Waals surface area contributed by atoms with Crippen molar-refractivity contribution in [3.8, 4) is 0 Å². The Morgan fingerprint density at radius 2 is 1.48 bits per heavy atom. The van der Waals surface area contributed by atoms with Crippen molar-refractivity contribution in [1.29, 1.82) is 0 Å². The zero-order valence-corrected chi connectivity index (χ0v) is 13.5. The fourth-order valence-corrected chi connectivity index (χ4v) is 3.13. The average Bonchev–Trinajstić information content (AvgIpc) is 3.33. The lowest BCUT2D eigenvalue weighted by molar-refractivity contribution is 0.101. The highest BCUT2D eigenvalue weighted by molar-refractivity contribution is 6.11. The molecule has 3 rings (SSSR count). The van der Waals surface area contributed by atoms with Crippen molar-refractivity contribution in [3.63, 3.8) is 0 Å². The van der Waals surface area contributed by atoms with Gasteiger partial charge in [-0.2, -0.15) is 0 Å². The maximum Gasteiger partial charge on any atom is 0.162 e. The molecule has 0 saturated carbocycles. The van der Waals surface area contributed by atoms with E-state index in [9.17, 15) is 9.59 Å². The van der Waals surface area contributed by atoms with Crippen LogP contribution in [0.1, 0.15) is 52.1 Å². The molecule has 1 aromatic carbocycles. The Morgan fingerprint density at radius 3 is 1.96 bits per heavy atom. The highest BCUT2D eigenvalue weighted by Gasteiger charge is 2.31. The van der Waals surface area contributed by atoms with Crippen LogP contribution in [0.2, 0.25) is 0 Å². The molecule has 1 aromatic rings. The molecule has 2 unspecified atom stereocenters. The Hall–Kier alpha value is -1.92. The van der Waals surface area contributed by atoms with Crippen molar-refractivity contribution in [2.24, 2.45) is 0 Å². The summed E-state index contributed by atoms with van der Waals surface area (Å²) >= 11 is 0. The fraction of sp³-hybridized carbons (Fsp3) is 0.529. The molecule has 23 heavy (non-hydrogen) atoms. The molecular weight excluding hydrogens is 296 g/mol. The van der Waals surface area contributed by atoms with Gasteiger partial charge in [-0.05, 0) is 37.8 Å². The average molecular weight is 318 g/mol. The van der Waals surface area contributed by atoms with Crippen molar-refractivity contribution in [2.75, 3.05) is 24.7 Å². The normalized spacial score (nSPS) is 22.0. The number of ether oxygens (including phenoxy) is 2. The molecule has 0 bridgehead atoms. The largest absolute Gasteiger partial charge is 0.398 e. The third kappa shape index (κ3) is 3.23. The van der Waals surface area contributed by atoms with Gasteiger partial charge in [-0.3, -0.25) is 9.59 Å². The van der Waals surface area contributed by atoms with Crippen LogP contribution in [-0.4, -0.2) is 37.0 Å². The second-order valence-electron chi connectivity index (χ2n) is 6.30. The van der Waals surface area contributed by atoms with Gasteiger partial charge < -0.3 is 20.9 Å². The Labute approximate surface area is 135 Å². The summed E-state index contributed by atoms with van der Waals surface area (Å²) in [6.45, 7) is 4.31. The van der Waals surface area contributed by atoms with Crippen LogP contribution in [-0.2, 0) is 22.3 Å². The molecule has 2 aliphatic rings. The molecule has 0 amide bonds. The summed E-state index contributed by atoms with van der Waals surface area (Å²) < 4.78 is 10.5. The first kappa shape index (κ1) is 16.0. The van der Waals surface area contributed by atoms with Crippen LogP contribution in [0, 0.1) is 0 Å². The van der Waals surface area contributed by atoms with Crippen LogP contribution in [0.15, 0.2) is 0 Å². The summed E-state index contributed by atoms with van der Waals surface area (Å²) in [6.07, 6.45) is 2.28. The maximum absolute atomic E-state index is 12.1. The molecule has 0 spiro atoms. The van der Waals surface area contributed by atoms with Gasteiger partial charge in [0.2, 0.25) is 0 Å². The van der Waals surface area contributed by atoms with E-state index in [1.54, 1.807) is 0 Å². The first-order valence-electron chi connectivity index (χ1n) is 7.87. The van der Waals surface area contributed by atoms with E-state index in [1.165, 1.54) is 13.8 Å². The van der Waals surface area contributed by atoms with Crippen LogP contribution in [0.3, 0.4) is 0 Å². The molecule has 0 aliphatic carbocycles. The summed E-state index contributed by atoms with van der Waals surface area (Å²) in [5.41, 5.74) is 15.5. The fourth-order valence-electron chi connectivity index (χ4n) is 3.13. The van der Waals surface area contributed by atoms with Gasteiger partial charge in [-0.25, -0.2) is 0 Å². The molecule has 124 valence electrons. The van der Waals surface area contributed by atoms with Gasteiger partial charge in [0.15, 0.2) is 11.6 Å². The predicted molar refractivity (Wildman–Crippen MR) is 86.8 cm³/mol. The number of epoxide rings is 2. The monoisotopic (exact) mass is 318 g/mol. The summed E-state index contributed by atoms with van der Waals surface area (Å²) in [6, 6.07) is 0. The SMILES string of the molecule is CC(=O)c1c(N)c(C(C)=O)c(CC2CO2)c(N)c1CCC1CO1. The number of anilines is 2. The smallest absolute Gasteiger partial charge is 0.162 e. The Kier molecular flexibility index (Phi) is 4.12. The number of benzene rings is 1. The van der Waals surface area contributed by atoms with Gasteiger partial charge in [-0.15, -0.1) is 0 Å². The van der Waals surface area contributed by atoms with Crippen LogP contribution in [0.25, 0.3) is 0 Å². The number of hydrogen-bond donors (Lipinski definition) is 2. The van der Waals surface area contributed by atoms with Gasteiger partial charge >= 0.3 is 0 Å². The van der Waals surface area contributed by atoms with E-state index < -0.39 is 0 Å². The van der Waals surface area contributed by atoms with Gasteiger partial charge in [0.25, 0.3) is 0 Å². The number of Topliss-reactive ketones (excluding diaryl/α,β-unsaturated/α-hetero) is 2. The van der Waals surface area contributed by atoms with E-state index in [4.69, 9.17) is 20.9 Å². The summed E-state index contributed by atoms with van der Waals surface area (Å²) in [5, 5.41) is 0. The zero-order chi connectivity index (χ0) is 16.7. The minimum Gasteiger partial charge on any atom is -0.398 e. The number of rotatable bonds is 7. The van der Waals surface area contributed by atoms with Crippen molar-refractivity contribution in [1.82, 2.24) is 0 Å². The van der Waals surface area contributed by atoms with Gasteiger partial charge in [0.05, 0.1) is 31.1 Å². The molecule has 0 radical (unpaired) electrons. The second-order valence-corrected chi connectivity index (χ2v) is 6.30. The molecular formula is C17H22N2O4. The maximum atomic E-state index is 12.1. The van der Waals surface area contributed by atoms with Crippen molar-refractivity contribution in [2.45, 2.75) is 45.3 Å². The molecule has 2 heterocycles. The highest BCUT2D eigenvalue weighted by Crippen LogP contribution is 2.37. The molecule has 0 aromatic heterocycles.